The molecule has 24 heavy (non-hydrogen) atoms. The van der Waals surface area contributed by atoms with E-state index in [0.29, 0.717) is 11.1 Å². The molecule has 2 aromatic rings. The van der Waals surface area contributed by atoms with E-state index in [1.54, 1.807) is 6.92 Å². The van der Waals surface area contributed by atoms with Crippen LogP contribution < -0.4 is 5.32 Å². The molecule has 0 saturated heterocycles. The van der Waals surface area contributed by atoms with E-state index >= 15 is 0 Å². The molecule has 2 rings (SSSR count). The number of aromatic nitrogens is 2. The lowest BCUT2D eigenvalue weighted by Gasteiger charge is -2.20. The average molecular weight is 349 g/mol. The van der Waals surface area contributed by atoms with Crippen LogP contribution in [0.3, 0.4) is 0 Å². The summed E-state index contributed by atoms with van der Waals surface area (Å²) in [6.07, 6.45) is -0.512. The minimum Gasteiger partial charge on any atom is -0.444 e. The number of amides is 1. The van der Waals surface area contributed by atoms with Gasteiger partial charge in [-0.1, -0.05) is 41.6 Å². The van der Waals surface area contributed by atoms with Gasteiger partial charge in [-0.25, -0.2) is 4.79 Å². The Morgan fingerprint density at radius 2 is 1.96 bits per heavy atom. The van der Waals surface area contributed by atoms with Gasteiger partial charge >= 0.3 is 6.09 Å². The Kier molecular flexibility index (Phi) is 5.88. The Morgan fingerprint density at radius 3 is 2.58 bits per heavy atom. The largest absolute Gasteiger partial charge is 0.444 e. The molecule has 1 heterocycles. The normalized spacial score (nSPS) is 12.7. The lowest BCUT2D eigenvalue weighted by atomic mass is 10.2. The van der Waals surface area contributed by atoms with Gasteiger partial charge < -0.3 is 14.5 Å². The summed E-state index contributed by atoms with van der Waals surface area (Å²) in [5, 5.41) is 11.1. The van der Waals surface area contributed by atoms with Crippen LogP contribution in [-0.4, -0.2) is 21.9 Å². The number of aryl methyl sites for hydroxylation is 1. The zero-order chi connectivity index (χ0) is 17.7. The minimum atomic E-state index is -0.548. The van der Waals surface area contributed by atoms with E-state index in [1.807, 2.05) is 20.8 Å². The SMILES string of the molecule is Cc1ccc(CSc2nnc(C(C)NC(=O)OC(C)(C)C)o2)cc1. The first kappa shape index (κ1) is 18.3. The molecule has 0 aliphatic rings. The zero-order valence-corrected chi connectivity index (χ0v) is 15.4. The number of carbonyl (C=O) groups is 1. The molecule has 0 aliphatic heterocycles. The topological polar surface area (TPSA) is 77.2 Å². The summed E-state index contributed by atoms with van der Waals surface area (Å²) < 4.78 is 10.8. The standard InChI is InChI=1S/C17H23N3O3S/c1-11-6-8-13(9-7-11)10-24-16-20-19-14(22-16)12(2)18-15(21)23-17(3,4)5/h6-9,12H,10H2,1-5H3,(H,18,21). The number of rotatable bonds is 5. The smallest absolute Gasteiger partial charge is 0.408 e. The van der Waals surface area contributed by atoms with Crippen LogP contribution in [0.5, 0.6) is 0 Å². The van der Waals surface area contributed by atoms with Crippen molar-refractivity contribution in [3.63, 3.8) is 0 Å². The fourth-order valence-electron chi connectivity index (χ4n) is 1.83. The number of ether oxygens (including phenoxy) is 1. The van der Waals surface area contributed by atoms with Crippen molar-refractivity contribution in [1.82, 2.24) is 15.5 Å². The molecule has 1 aromatic heterocycles. The molecular weight excluding hydrogens is 326 g/mol. The van der Waals surface area contributed by atoms with Crippen molar-refractivity contribution < 1.29 is 13.9 Å². The Hall–Kier alpha value is -2.02. The summed E-state index contributed by atoms with van der Waals surface area (Å²) in [6, 6.07) is 7.88. The van der Waals surface area contributed by atoms with Gasteiger partial charge in [0.2, 0.25) is 5.89 Å². The number of alkyl carbamates (subject to hydrolysis) is 1. The first-order chi connectivity index (χ1) is 11.2. The summed E-state index contributed by atoms with van der Waals surface area (Å²) >= 11 is 1.46. The molecule has 1 unspecified atom stereocenters. The number of nitrogens with zero attached hydrogens (tertiary/aromatic N) is 2. The van der Waals surface area contributed by atoms with E-state index in [9.17, 15) is 4.79 Å². The van der Waals surface area contributed by atoms with Gasteiger partial charge in [0.15, 0.2) is 0 Å². The van der Waals surface area contributed by atoms with Crippen LogP contribution in [0.25, 0.3) is 0 Å². The molecule has 1 atom stereocenters. The van der Waals surface area contributed by atoms with Crippen LogP contribution >= 0.6 is 11.8 Å². The van der Waals surface area contributed by atoms with Crippen LogP contribution in [0.1, 0.15) is 50.8 Å². The van der Waals surface area contributed by atoms with Gasteiger partial charge in [-0.05, 0) is 40.2 Å². The number of nitrogens with one attached hydrogen (secondary N) is 1. The van der Waals surface area contributed by atoms with Crippen LogP contribution in [0.2, 0.25) is 0 Å². The molecule has 0 saturated carbocycles. The second-order valence-electron chi connectivity index (χ2n) is 6.55. The first-order valence-corrected chi connectivity index (χ1v) is 8.73. The summed E-state index contributed by atoms with van der Waals surface area (Å²) in [6.45, 7) is 9.25. The van der Waals surface area contributed by atoms with Gasteiger partial charge in [-0.15, -0.1) is 10.2 Å². The lowest BCUT2D eigenvalue weighted by Crippen LogP contribution is -2.34. The van der Waals surface area contributed by atoms with Crippen molar-refractivity contribution in [2.45, 2.75) is 57.2 Å². The van der Waals surface area contributed by atoms with Crippen molar-refractivity contribution in [3.8, 4) is 0 Å². The number of hydrogen-bond donors (Lipinski definition) is 1. The first-order valence-electron chi connectivity index (χ1n) is 7.74. The molecule has 0 bridgehead atoms. The molecule has 1 N–H and O–H groups in total. The molecular formula is C17H23N3O3S. The maximum Gasteiger partial charge on any atom is 0.408 e. The molecule has 7 heteroatoms. The van der Waals surface area contributed by atoms with Gasteiger partial charge in [0.05, 0.1) is 0 Å². The summed E-state index contributed by atoms with van der Waals surface area (Å²) in [5.74, 6) is 1.10. The second kappa shape index (κ2) is 7.70. The van der Waals surface area contributed by atoms with Gasteiger partial charge in [0.25, 0.3) is 5.22 Å². The van der Waals surface area contributed by atoms with Crippen LogP contribution in [0, 0.1) is 6.92 Å². The Balaban J connectivity index is 1.87. The van der Waals surface area contributed by atoms with Crippen LogP contribution in [0.4, 0.5) is 4.79 Å². The van der Waals surface area contributed by atoms with Crippen molar-refractivity contribution >= 4 is 17.9 Å². The zero-order valence-electron chi connectivity index (χ0n) is 14.6. The molecule has 0 radical (unpaired) electrons. The van der Waals surface area contributed by atoms with E-state index in [0.717, 1.165) is 5.75 Å². The van der Waals surface area contributed by atoms with Crippen molar-refractivity contribution in [2.24, 2.45) is 0 Å². The van der Waals surface area contributed by atoms with Crippen molar-refractivity contribution in [1.29, 1.82) is 0 Å². The molecule has 1 aromatic carbocycles. The highest BCUT2D eigenvalue weighted by molar-refractivity contribution is 7.98. The van der Waals surface area contributed by atoms with Gasteiger partial charge in [0.1, 0.15) is 11.6 Å². The number of benzene rings is 1. The Labute approximate surface area is 146 Å². The van der Waals surface area contributed by atoms with E-state index in [4.69, 9.17) is 9.15 Å². The van der Waals surface area contributed by atoms with E-state index < -0.39 is 17.7 Å². The maximum atomic E-state index is 11.8. The monoisotopic (exact) mass is 349 g/mol. The molecule has 130 valence electrons. The number of carbonyl (C=O) groups excluding carboxylic acids is 1. The number of thioether (sulfide) groups is 1. The highest BCUT2D eigenvalue weighted by Gasteiger charge is 2.21. The van der Waals surface area contributed by atoms with Crippen molar-refractivity contribution in [2.75, 3.05) is 0 Å². The predicted octanol–water partition coefficient (Wildman–Crippen LogP) is 4.26. The number of hydrogen-bond acceptors (Lipinski definition) is 6. The van der Waals surface area contributed by atoms with E-state index in [1.165, 1.54) is 22.9 Å². The second-order valence-corrected chi connectivity index (χ2v) is 7.47. The maximum absolute atomic E-state index is 11.8. The summed E-state index contributed by atoms with van der Waals surface area (Å²) in [7, 11) is 0. The molecule has 0 aliphatic carbocycles. The molecule has 6 nitrogen and oxygen atoms in total. The molecule has 0 spiro atoms. The predicted molar refractivity (Wildman–Crippen MR) is 92.8 cm³/mol. The van der Waals surface area contributed by atoms with Crippen molar-refractivity contribution in [3.05, 3.63) is 41.3 Å². The fourth-order valence-corrected chi connectivity index (χ4v) is 2.55. The minimum absolute atomic E-state index is 0.354. The third-order valence-electron chi connectivity index (χ3n) is 3.01. The molecule has 1 amide bonds. The molecule has 0 fully saturated rings. The average Bonchev–Trinajstić information content (AvgIpc) is 2.93. The van der Waals surface area contributed by atoms with Gasteiger partial charge in [0, 0.05) is 5.75 Å². The van der Waals surface area contributed by atoms with Crippen LogP contribution in [0.15, 0.2) is 33.9 Å². The third kappa shape index (κ3) is 5.88. The summed E-state index contributed by atoms with van der Waals surface area (Å²) in [4.78, 5) is 11.8. The third-order valence-corrected chi connectivity index (χ3v) is 3.90. The van der Waals surface area contributed by atoms with Crippen LogP contribution in [-0.2, 0) is 10.5 Å². The highest BCUT2D eigenvalue weighted by atomic mass is 32.2. The van der Waals surface area contributed by atoms with Gasteiger partial charge in [-0.3, -0.25) is 0 Å². The van der Waals surface area contributed by atoms with Gasteiger partial charge in [-0.2, -0.15) is 0 Å². The van der Waals surface area contributed by atoms with E-state index in [-0.39, 0.29) is 0 Å². The Morgan fingerprint density at radius 1 is 1.29 bits per heavy atom. The quantitative estimate of drug-likeness (QED) is 0.813. The highest BCUT2D eigenvalue weighted by Crippen LogP contribution is 2.23. The Bertz CT molecular complexity index is 677. The van der Waals surface area contributed by atoms with E-state index in [2.05, 4.69) is 46.7 Å². The lowest BCUT2D eigenvalue weighted by molar-refractivity contribution is 0.0500. The fraction of sp³-hybridized carbons (Fsp3) is 0.471. The summed E-state index contributed by atoms with van der Waals surface area (Å²) in [5.41, 5.74) is 1.87.